The number of aryl methyl sites for hydroxylation is 1. The minimum Gasteiger partial charge on any atom is -0.351 e. The van der Waals surface area contributed by atoms with Gasteiger partial charge in [-0.05, 0) is 31.0 Å². The lowest BCUT2D eigenvalue weighted by Gasteiger charge is -2.08. The minimum atomic E-state index is -0.466. The Balaban J connectivity index is 2.54. The van der Waals surface area contributed by atoms with Crippen molar-refractivity contribution in [1.82, 2.24) is 10.3 Å². The predicted octanol–water partition coefficient (Wildman–Crippen LogP) is 0.353. The number of carbonyl (C=O) groups excluding carboxylic acids is 1. The van der Waals surface area contributed by atoms with Gasteiger partial charge in [-0.2, -0.15) is 0 Å². The molecule has 1 unspecified atom stereocenters. The number of nitrogens with zero attached hydrogens (tertiary/aromatic N) is 1. The number of amides is 1. The average Bonchev–Trinajstić information content (AvgIpc) is 2.16. The molecule has 0 saturated carbocycles. The fourth-order valence-corrected chi connectivity index (χ4v) is 1.03. The van der Waals surface area contributed by atoms with Crippen LogP contribution in [0.5, 0.6) is 0 Å². The van der Waals surface area contributed by atoms with Crippen molar-refractivity contribution in [2.24, 2.45) is 5.73 Å². The zero-order valence-electron chi connectivity index (χ0n) is 8.45. The monoisotopic (exact) mass is 193 g/mol. The second kappa shape index (κ2) is 4.72. The first-order valence-electron chi connectivity index (χ1n) is 4.54. The Labute approximate surface area is 83.5 Å². The van der Waals surface area contributed by atoms with Crippen molar-refractivity contribution in [1.29, 1.82) is 0 Å². The summed E-state index contributed by atoms with van der Waals surface area (Å²) in [6.45, 7) is 4.13. The maximum Gasteiger partial charge on any atom is 0.236 e. The van der Waals surface area contributed by atoms with Gasteiger partial charge in [-0.3, -0.25) is 9.78 Å². The van der Waals surface area contributed by atoms with Crippen LogP contribution in [0.4, 0.5) is 0 Å². The molecule has 1 aromatic rings. The molecule has 3 N–H and O–H groups in total. The SMILES string of the molecule is Cc1ccncc1CNC(=O)C(C)N. The quantitative estimate of drug-likeness (QED) is 0.728. The van der Waals surface area contributed by atoms with Gasteiger partial charge in [0.05, 0.1) is 6.04 Å². The van der Waals surface area contributed by atoms with Crippen molar-refractivity contribution in [3.63, 3.8) is 0 Å². The Morgan fingerprint density at radius 3 is 3.00 bits per heavy atom. The fraction of sp³-hybridized carbons (Fsp3) is 0.400. The number of nitrogens with one attached hydrogen (secondary N) is 1. The Bertz CT molecular complexity index is 323. The van der Waals surface area contributed by atoms with Gasteiger partial charge >= 0.3 is 0 Å². The third-order valence-corrected chi connectivity index (χ3v) is 2.01. The van der Waals surface area contributed by atoms with E-state index in [1.165, 1.54) is 0 Å². The summed E-state index contributed by atoms with van der Waals surface area (Å²) in [5.41, 5.74) is 7.54. The van der Waals surface area contributed by atoms with Crippen molar-refractivity contribution >= 4 is 5.91 Å². The molecule has 0 aromatic carbocycles. The first-order chi connectivity index (χ1) is 6.61. The zero-order valence-corrected chi connectivity index (χ0v) is 8.45. The standard InChI is InChI=1S/C10H15N3O/c1-7-3-4-12-5-9(7)6-13-10(14)8(2)11/h3-5,8H,6,11H2,1-2H3,(H,13,14). The average molecular weight is 193 g/mol. The molecule has 14 heavy (non-hydrogen) atoms. The van der Waals surface area contributed by atoms with Gasteiger partial charge in [0.1, 0.15) is 0 Å². The van der Waals surface area contributed by atoms with Crippen molar-refractivity contribution in [3.8, 4) is 0 Å². The molecule has 1 rings (SSSR count). The molecule has 4 heteroatoms. The molecule has 1 heterocycles. The summed E-state index contributed by atoms with van der Waals surface area (Å²) in [6.07, 6.45) is 3.48. The van der Waals surface area contributed by atoms with E-state index in [-0.39, 0.29) is 5.91 Å². The third-order valence-electron chi connectivity index (χ3n) is 2.01. The molecule has 0 bridgehead atoms. The molecule has 0 spiro atoms. The first-order valence-corrected chi connectivity index (χ1v) is 4.54. The van der Waals surface area contributed by atoms with E-state index in [1.807, 2.05) is 13.0 Å². The van der Waals surface area contributed by atoms with E-state index in [0.29, 0.717) is 6.54 Å². The van der Waals surface area contributed by atoms with Gasteiger partial charge in [-0.1, -0.05) is 0 Å². The summed E-state index contributed by atoms with van der Waals surface area (Å²) >= 11 is 0. The molecule has 1 aromatic heterocycles. The second-order valence-corrected chi connectivity index (χ2v) is 3.31. The van der Waals surface area contributed by atoms with Gasteiger partial charge in [0, 0.05) is 18.9 Å². The Morgan fingerprint density at radius 1 is 1.71 bits per heavy atom. The smallest absolute Gasteiger partial charge is 0.236 e. The van der Waals surface area contributed by atoms with Gasteiger partial charge in [-0.15, -0.1) is 0 Å². The van der Waals surface area contributed by atoms with E-state index >= 15 is 0 Å². The molecule has 0 aliphatic rings. The van der Waals surface area contributed by atoms with E-state index in [1.54, 1.807) is 19.3 Å². The normalized spacial score (nSPS) is 12.2. The van der Waals surface area contributed by atoms with Crippen LogP contribution in [0.15, 0.2) is 18.5 Å². The van der Waals surface area contributed by atoms with Gasteiger partial charge in [0.15, 0.2) is 0 Å². The highest BCUT2D eigenvalue weighted by molar-refractivity contribution is 5.80. The lowest BCUT2D eigenvalue weighted by atomic mass is 10.1. The highest BCUT2D eigenvalue weighted by Crippen LogP contribution is 2.03. The second-order valence-electron chi connectivity index (χ2n) is 3.31. The molecule has 0 aliphatic carbocycles. The summed E-state index contributed by atoms with van der Waals surface area (Å²) < 4.78 is 0. The van der Waals surface area contributed by atoms with Crippen LogP contribution in [0.2, 0.25) is 0 Å². The molecule has 4 nitrogen and oxygen atoms in total. The number of carbonyl (C=O) groups is 1. The van der Waals surface area contributed by atoms with Crippen LogP contribution in [-0.2, 0) is 11.3 Å². The number of nitrogens with two attached hydrogens (primary N) is 1. The lowest BCUT2D eigenvalue weighted by Crippen LogP contribution is -2.37. The van der Waals surface area contributed by atoms with Crippen molar-refractivity contribution in [2.45, 2.75) is 26.4 Å². The maximum atomic E-state index is 11.2. The number of hydrogen-bond donors (Lipinski definition) is 2. The highest BCUT2D eigenvalue weighted by atomic mass is 16.2. The number of aromatic nitrogens is 1. The van der Waals surface area contributed by atoms with Crippen molar-refractivity contribution < 1.29 is 4.79 Å². The van der Waals surface area contributed by atoms with E-state index in [9.17, 15) is 4.79 Å². The number of rotatable bonds is 3. The van der Waals surface area contributed by atoms with Crippen molar-refractivity contribution in [2.75, 3.05) is 0 Å². The van der Waals surface area contributed by atoms with E-state index in [0.717, 1.165) is 11.1 Å². The molecule has 1 atom stereocenters. The molecular formula is C10H15N3O. The molecule has 0 saturated heterocycles. The summed E-state index contributed by atoms with van der Waals surface area (Å²) in [5.74, 6) is -0.145. The fourth-order valence-electron chi connectivity index (χ4n) is 1.03. The summed E-state index contributed by atoms with van der Waals surface area (Å²) in [5, 5.41) is 2.74. The van der Waals surface area contributed by atoms with Crippen LogP contribution >= 0.6 is 0 Å². The van der Waals surface area contributed by atoms with E-state index < -0.39 is 6.04 Å². The van der Waals surface area contributed by atoms with Crippen LogP contribution in [0.1, 0.15) is 18.1 Å². The lowest BCUT2D eigenvalue weighted by molar-refractivity contribution is -0.122. The molecule has 0 aliphatic heterocycles. The van der Waals surface area contributed by atoms with Gasteiger partial charge in [-0.25, -0.2) is 0 Å². The number of pyridine rings is 1. The van der Waals surface area contributed by atoms with Gasteiger partial charge in [0.25, 0.3) is 0 Å². The van der Waals surface area contributed by atoms with Crippen LogP contribution in [-0.4, -0.2) is 16.9 Å². The van der Waals surface area contributed by atoms with Crippen molar-refractivity contribution in [3.05, 3.63) is 29.6 Å². The van der Waals surface area contributed by atoms with E-state index in [2.05, 4.69) is 10.3 Å². The van der Waals surface area contributed by atoms with Crippen LogP contribution < -0.4 is 11.1 Å². The van der Waals surface area contributed by atoms with Crippen LogP contribution in [0.3, 0.4) is 0 Å². The highest BCUT2D eigenvalue weighted by Gasteiger charge is 2.06. The Hall–Kier alpha value is -1.42. The molecule has 0 fully saturated rings. The largest absolute Gasteiger partial charge is 0.351 e. The number of hydrogen-bond acceptors (Lipinski definition) is 3. The molecule has 1 amide bonds. The minimum absolute atomic E-state index is 0.145. The maximum absolute atomic E-state index is 11.2. The Morgan fingerprint density at radius 2 is 2.43 bits per heavy atom. The summed E-state index contributed by atoms with van der Waals surface area (Å²) in [6, 6.07) is 1.44. The Kier molecular flexibility index (Phi) is 3.59. The van der Waals surface area contributed by atoms with Gasteiger partial charge < -0.3 is 11.1 Å². The molecule has 0 radical (unpaired) electrons. The summed E-state index contributed by atoms with van der Waals surface area (Å²) in [4.78, 5) is 15.2. The van der Waals surface area contributed by atoms with Crippen LogP contribution in [0.25, 0.3) is 0 Å². The predicted molar refractivity (Wildman–Crippen MR) is 54.5 cm³/mol. The summed E-state index contributed by atoms with van der Waals surface area (Å²) in [7, 11) is 0. The molecular weight excluding hydrogens is 178 g/mol. The van der Waals surface area contributed by atoms with Gasteiger partial charge in [0.2, 0.25) is 5.91 Å². The third kappa shape index (κ3) is 2.81. The topological polar surface area (TPSA) is 68.0 Å². The van der Waals surface area contributed by atoms with Crippen LogP contribution in [0, 0.1) is 6.92 Å². The van der Waals surface area contributed by atoms with E-state index in [4.69, 9.17) is 5.73 Å². The zero-order chi connectivity index (χ0) is 10.6. The first kappa shape index (κ1) is 10.7. The molecule has 76 valence electrons.